The lowest BCUT2D eigenvalue weighted by Crippen LogP contribution is -2.38. The van der Waals surface area contributed by atoms with Crippen LogP contribution in [-0.2, 0) is 4.79 Å². The smallest absolute Gasteiger partial charge is 0.149 e. The summed E-state index contributed by atoms with van der Waals surface area (Å²) in [5, 5.41) is 0. The number of carbonyl (C=O) groups is 1. The van der Waals surface area contributed by atoms with E-state index >= 15 is 0 Å². The van der Waals surface area contributed by atoms with E-state index in [9.17, 15) is 4.79 Å². The van der Waals surface area contributed by atoms with E-state index < -0.39 is 0 Å². The topological polar surface area (TPSA) is 20.3 Å². The lowest BCUT2D eigenvalue weighted by Gasteiger charge is -2.24. The molecular weight excluding hydrogens is 138 g/mol. The first-order chi connectivity index (χ1) is 5.17. The summed E-state index contributed by atoms with van der Waals surface area (Å²) in [5.41, 5.74) is 0. The minimum absolute atomic E-state index is 0.106. The summed E-state index contributed by atoms with van der Waals surface area (Å²) < 4.78 is 0. The zero-order valence-corrected chi connectivity index (χ0v) is 8.05. The van der Waals surface area contributed by atoms with Gasteiger partial charge in [0.2, 0.25) is 0 Å². The maximum absolute atomic E-state index is 11.2. The fourth-order valence-corrected chi connectivity index (χ4v) is 1.27. The van der Waals surface area contributed by atoms with Crippen molar-refractivity contribution in [1.82, 2.24) is 4.90 Å². The molecule has 0 heterocycles. The maximum Gasteiger partial charge on any atom is 0.149 e. The highest BCUT2D eigenvalue weighted by atomic mass is 16.1. The van der Waals surface area contributed by atoms with Crippen LogP contribution in [0.1, 0.15) is 34.1 Å². The van der Waals surface area contributed by atoms with E-state index in [1.165, 1.54) is 0 Å². The molecule has 0 N–H and O–H groups in total. The summed E-state index contributed by atoms with van der Waals surface area (Å²) in [6.45, 7) is 10.00. The van der Waals surface area contributed by atoms with E-state index in [4.69, 9.17) is 0 Å². The van der Waals surface area contributed by atoms with Crippen LogP contribution in [0, 0.1) is 0 Å². The molecule has 0 saturated heterocycles. The maximum atomic E-state index is 11.2. The van der Waals surface area contributed by atoms with Gasteiger partial charge in [0, 0.05) is 6.42 Å². The Hall–Kier alpha value is -0.370. The van der Waals surface area contributed by atoms with Crippen molar-refractivity contribution in [2.45, 2.75) is 40.2 Å². The molecule has 0 aliphatic heterocycles. The highest BCUT2D eigenvalue weighted by Crippen LogP contribution is 2.01. The molecule has 0 fully saturated rings. The number of rotatable bonds is 5. The van der Waals surface area contributed by atoms with Gasteiger partial charge in [0.1, 0.15) is 5.78 Å². The summed E-state index contributed by atoms with van der Waals surface area (Å²) >= 11 is 0. The van der Waals surface area contributed by atoms with Gasteiger partial charge in [-0.3, -0.25) is 9.69 Å². The van der Waals surface area contributed by atoms with Crippen molar-refractivity contribution >= 4 is 5.78 Å². The van der Waals surface area contributed by atoms with E-state index in [0.29, 0.717) is 12.2 Å². The summed E-state index contributed by atoms with van der Waals surface area (Å²) in [6.07, 6.45) is 0.650. The summed E-state index contributed by atoms with van der Waals surface area (Å²) in [7, 11) is 0. The van der Waals surface area contributed by atoms with Crippen LogP contribution in [0.5, 0.6) is 0 Å². The zero-order valence-electron chi connectivity index (χ0n) is 8.05. The zero-order chi connectivity index (χ0) is 8.85. The second-order valence-electron chi connectivity index (χ2n) is 2.72. The van der Waals surface area contributed by atoms with Crippen molar-refractivity contribution in [3.63, 3.8) is 0 Å². The Morgan fingerprint density at radius 2 is 1.73 bits per heavy atom. The van der Waals surface area contributed by atoms with Crippen LogP contribution in [0.15, 0.2) is 0 Å². The minimum atomic E-state index is 0.106. The van der Waals surface area contributed by atoms with Crippen LogP contribution >= 0.6 is 0 Å². The summed E-state index contributed by atoms with van der Waals surface area (Å²) in [4.78, 5) is 13.4. The van der Waals surface area contributed by atoms with Gasteiger partial charge in [-0.05, 0) is 20.0 Å². The molecule has 0 aromatic carbocycles. The van der Waals surface area contributed by atoms with Gasteiger partial charge in [-0.15, -0.1) is 0 Å². The van der Waals surface area contributed by atoms with Crippen LogP contribution in [0.2, 0.25) is 0 Å². The molecule has 0 aromatic rings. The molecule has 0 aliphatic rings. The standard InChI is InChI=1S/C9H19NO/c1-5-9(11)8(4)10(6-2)7-3/h8H,5-7H2,1-4H3. The molecular formula is C9H19NO. The fraction of sp³-hybridized carbons (Fsp3) is 0.889. The monoisotopic (exact) mass is 157 g/mol. The Labute approximate surface area is 69.6 Å². The third kappa shape index (κ3) is 3.02. The van der Waals surface area contributed by atoms with E-state index in [-0.39, 0.29) is 6.04 Å². The van der Waals surface area contributed by atoms with Crippen LogP contribution in [-0.4, -0.2) is 29.8 Å². The third-order valence-electron chi connectivity index (χ3n) is 2.17. The predicted octanol–water partition coefficient (Wildman–Crippen LogP) is 1.70. The van der Waals surface area contributed by atoms with Crippen molar-refractivity contribution in [1.29, 1.82) is 0 Å². The largest absolute Gasteiger partial charge is 0.298 e. The van der Waals surface area contributed by atoms with E-state index in [0.717, 1.165) is 13.1 Å². The van der Waals surface area contributed by atoms with Crippen LogP contribution in [0.4, 0.5) is 0 Å². The molecule has 0 amide bonds. The Morgan fingerprint density at radius 3 is 2.00 bits per heavy atom. The molecule has 0 bridgehead atoms. The molecule has 0 radical (unpaired) electrons. The number of hydrogen-bond acceptors (Lipinski definition) is 2. The third-order valence-corrected chi connectivity index (χ3v) is 2.17. The summed E-state index contributed by atoms with van der Waals surface area (Å²) in [6, 6.07) is 0.106. The van der Waals surface area contributed by atoms with Crippen LogP contribution in [0.3, 0.4) is 0 Å². The second kappa shape index (κ2) is 5.30. The Balaban J connectivity index is 3.97. The molecule has 0 saturated carbocycles. The number of ketones is 1. The van der Waals surface area contributed by atoms with Gasteiger partial charge >= 0.3 is 0 Å². The van der Waals surface area contributed by atoms with Crippen molar-refractivity contribution in [3.05, 3.63) is 0 Å². The highest BCUT2D eigenvalue weighted by Gasteiger charge is 2.15. The van der Waals surface area contributed by atoms with Gasteiger partial charge < -0.3 is 0 Å². The molecule has 0 aromatic heterocycles. The summed E-state index contributed by atoms with van der Waals surface area (Å²) in [5.74, 6) is 0.341. The van der Waals surface area contributed by atoms with Gasteiger partial charge in [0.15, 0.2) is 0 Å². The number of hydrogen-bond donors (Lipinski definition) is 0. The van der Waals surface area contributed by atoms with Crippen LogP contribution in [0.25, 0.3) is 0 Å². The van der Waals surface area contributed by atoms with E-state index in [2.05, 4.69) is 18.7 Å². The predicted molar refractivity (Wildman–Crippen MR) is 47.7 cm³/mol. The number of nitrogens with zero attached hydrogens (tertiary/aromatic N) is 1. The molecule has 0 rings (SSSR count). The van der Waals surface area contributed by atoms with E-state index in [1.54, 1.807) is 0 Å². The molecule has 2 nitrogen and oxygen atoms in total. The molecule has 1 atom stereocenters. The Bertz CT molecular complexity index is 119. The molecule has 1 unspecified atom stereocenters. The fourth-order valence-electron chi connectivity index (χ4n) is 1.27. The lowest BCUT2D eigenvalue weighted by atomic mass is 10.1. The Morgan fingerprint density at radius 1 is 1.27 bits per heavy atom. The number of Topliss-reactive ketones (excluding diaryl/α,β-unsaturated/α-hetero) is 1. The Kier molecular flexibility index (Phi) is 5.12. The van der Waals surface area contributed by atoms with Gasteiger partial charge in [-0.25, -0.2) is 0 Å². The second-order valence-corrected chi connectivity index (χ2v) is 2.72. The van der Waals surface area contributed by atoms with Gasteiger partial charge in [-0.2, -0.15) is 0 Å². The molecule has 2 heteroatoms. The SMILES string of the molecule is CCC(=O)C(C)N(CC)CC. The minimum Gasteiger partial charge on any atom is -0.298 e. The molecule has 0 aliphatic carbocycles. The molecule has 11 heavy (non-hydrogen) atoms. The van der Waals surface area contributed by atoms with Crippen molar-refractivity contribution in [3.8, 4) is 0 Å². The molecule has 66 valence electrons. The first kappa shape index (κ1) is 10.6. The van der Waals surface area contributed by atoms with Gasteiger partial charge in [0.25, 0.3) is 0 Å². The lowest BCUT2D eigenvalue weighted by molar-refractivity contribution is -0.123. The van der Waals surface area contributed by atoms with Crippen molar-refractivity contribution < 1.29 is 4.79 Å². The number of likely N-dealkylation sites (N-methyl/N-ethyl adjacent to an activating group) is 1. The van der Waals surface area contributed by atoms with Crippen molar-refractivity contribution in [2.75, 3.05) is 13.1 Å². The number of carbonyl (C=O) groups excluding carboxylic acids is 1. The highest BCUT2D eigenvalue weighted by molar-refractivity contribution is 5.83. The average molecular weight is 157 g/mol. The first-order valence-corrected chi connectivity index (χ1v) is 4.44. The molecule has 0 spiro atoms. The van der Waals surface area contributed by atoms with Gasteiger partial charge in [0.05, 0.1) is 6.04 Å². The van der Waals surface area contributed by atoms with Crippen molar-refractivity contribution in [2.24, 2.45) is 0 Å². The first-order valence-electron chi connectivity index (χ1n) is 4.44. The van der Waals surface area contributed by atoms with E-state index in [1.807, 2.05) is 13.8 Å². The quantitative estimate of drug-likeness (QED) is 0.605. The average Bonchev–Trinajstić information content (AvgIpc) is 2.05. The van der Waals surface area contributed by atoms with Gasteiger partial charge in [-0.1, -0.05) is 20.8 Å². The normalized spacial score (nSPS) is 13.5. The van der Waals surface area contributed by atoms with Crippen LogP contribution < -0.4 is 0 Å².